The molecule has 1 amide bonds. The Morgan fingerprint density at radius 3 is 2.42 bits per heavy atom. The van der Waals surface area contributed by atoms with Crippen LogP contribution in [0.2, 0.25) is 0 Å². The molecule has 2 rings (SSSR count). The number of ketones is 1. The van der Waals surface area contributed by atoms with Crippen molar-refractivity contribution in [3.8, 4) is 0 Å². The first-order valence-corrected chi connectivity index (χ1v) is 8.79. The van der Waals surface area contributed by atoms with Crippen LogP contribution in [0.3, 0.4) is 0 Å². The predicted molar refractivity (Wildman–Crippen MR) is 98.8 cm³/mol. The molecule has 126 valence electrons. The Bertz CT molecular complexity index is 687. The third-order valence-corrected chi connectivity index (χ3v) is 4.40. The molecule has 0 spiro atoms. The van der Waals surface area contributed by atoms with Crippen LogP contribution in [-0.2, 0) is 0 Å². The molecule has 24 heavy (non-hydrogen) atoms. The lowest BCUT2D eigenvalue weighted by Gasteiger charge is -2.11. The monoisotopic (exact) mass is 342 g/mol. The summed E-state index contributed by atoms with van der Waals surface area (Å²) in [6.07, 6.45) is 0. The molecule has 0 aliphatic rings. The van der Waals surface area contributed by atoms with Crippen molar-refractivity contribution in [3.05, 3.63) is 65.7 Å². The van der Waals surface area contributed by atoms with Crippen molar-refractivity contribution in [1.82, 2.24) is 10.2 Å². The van der Waals surface area contributed by atoms with Crippen LogP contribution in [0.5, 0.6) is 0 Å². The second-order valence-electron chi connectivity index (χ2n) is 5.66. The van der Waals surface area contributed by atoms with Gasteiger partial charge in [0, 0.05) is 29.1 Å². The lowest BCUT2D eigenvalue weighted by atomic mass is 10.2. The van der Waals surface area contributed by atoms with E-state index in [4.69, 9.17) is 0 Å². The number of rotatable bonds is 8. The van der Waals surface area contributed by atoms with Gasteiger partial charge in [-0.3, -0.25) is 9.59 Å². The van der Waals surface area contributed by atoms with E-state index in [9.17, 15) is 9.59 Å². The smallest absolute Gasteiger partial charge is 0.251 e. The molecule has 0 fully saturated rings. The first kappa shape index (κ1) is 18.2. The number of Topliss-reactive ketones (excluding diaryl/α,β-unsaturated/α-hetero) is 1. The highest BCUT2D eigenvalue weighted by Gasteiger charge is 2.09. The van der Waals surface area contributed by atoms with Gasteiger partial charge in [0.2, 0.25) is 0 Å². The lowest BCUT2D eigenvalue weighted by molar-refractivity contribution is 0.0950. The topological polar surface area (TPSA) is 49.4 Å². The minimum atomic E-state index is -0.0892. The van der Waals surface area contributed by atoms with Gasteiger partial charge >= 0.3 is 0 Å². The fourth-order valence-electron chi connectivity index (χ4n) is 2.08. The van der Waals surface area contributed by atoms with Crippen molar-refractivity contribution in [2.24, 2.45) is 0 Å². The number of nitrogens with one attached hydrogen (secondary N) is 1. The summed E-state index contributed by atoms with van der Waals surface area (Å²) in [6.45, 7) is 1.40. The van der Waals surface area contributed by atoms with Crippen LogP contribution in [0.1, 0.15) is 20.7 Å². The molecule has 2 aromatic carbocycles. The van der Waals surface area contributed by atoms with Gasteiger partial charge in [0.15, 0.2) is 5.78 Å². The van der Waals surface area contributed by atoms with Crippen LogP contribution in [0.25, 0.3) is 0 Å². The number of carbonyl (C=O) groups excluding carboxylic acids is 2. The van der Waals surface area contributed by atoms with E-state index in [-0.39, 0.29) is 11.7 Å². The van der Waals surface area contributed by atoms with E-state index in [0.717, 1.165) is 11.4 Å². The standard InChI is InChI=1S/C19H22N2O2S/c1-21(2)12-11-20-19(23)16-9-6-10-17(13-16)24-14-18(22)15-7-4-3-5-8-15/h3-10,13H,11-12,14H2,1-2H3,(H,20,23). The number of carbonyl (C=O) groups is 2. The molecular weight excluding hydrogens is 320 g/mol. The average Bonchev–Trinajstić information content (AvgIpc) is 2.60. The molecule has 0 radical (unpaired) electrons. The molecule has 0 saturated heterocycles. The molecule has 0 aliphatic heterocycles. The molecule has 4 nitrogen and oxygen atoms in total. The first-order chi connectivity index (χ1) is 11.6. The van der Waals surface area contributed by atoms with Gasteiger partial charge in [-0.05, 0) is 32.3 Å². The van der Waals surface area contributed by atoms with Gasteiger partial charge < -0.3 is 10.2 Å². The molecule has 0 unspecified atom stereocenters. The first-order valence-electron chi connectivity index (χ1n) is 7.80. The van der Waals surface area contributed by atoms with E-state index in [1.54, 1.807) is 6.07 Å². The zero-order valence-corrected chi connectivity index (χ0v) is 14.8. The summed E-state index contributed by atoms with van der Waals surface area (Å²) in [6, 6.07) is 16.6. The van der Waals surface area contributed by atoms with Gasteiger partial charge in [0.25, 0.3) is 5.91 Å². The van der Waals surface area contributed by atoms with Gasteiger partial charge in [0.05, 0.1) is 5.75 Å². The van der Waals surface area contributed by atoms with Crippen LogP contribution in [0.4, 0.5) is 0 Å². The van der Waals surface area contributed by atoms with Crippen molar-refractivity contribution >= 4 is 23.5 Å². The van der Waals surface area contributed by atoms with E-state index in [2.05, 4.69) is 5.32 Å². The van der Waals surface area contributed by atoms with Crippen LogP contribution >= 0.6 is 11.8 Å². The van der Waals surface area contributed by atoms with E-state index in [1.165, 1.54) is 11.8 Å². The maximum Gasteiger partial charge on any atom is 0.251 e. The van der Waals surface area contributed by atoms with E-state index < -0.39 is 0 Å². The summed E-state index contributed by atoms with van der Waals surface area (Å²) in [5.74, 6) is 0.352. The Hall–Kier alpha value is -2.11. The molecule has 5 heteroatoms. The maximum absolute atomic E-state index is 12.1. The number of hydrogen-bond acceptors (Lipinski definition) is 4. The van der Waals surface area contributed by atoms with Crippen LogP contribution in [0, 0.1) is 0 Å². The van der Waals surface area contributed by atoms with Crippen molar-refractivity contribution in [3.63, 3.8) is 0 Å². The van der Waals surface area contributed by atoms with Crippen LogP contribution in [0.15, 0.2) is 59.5 Å². The van der Waals surface area contributed by atoms with Crippen LogP contribution < -0.4 is 5.32 Å². The highest BCUT2D eigenvalue weighted by Crippen LogP contribution is 2.20. The van der Waals surface area contributed by atoms with Crippen molar-refractivity contribution in [2.45, 2.75) is 4.90 Å². The zero-order valence-electron chi connectivity index (χ0n) is 14.0. The van der Waals surface area contributed by atoms with Gasteiger partial charge in [-0.2, -0.15) is 0 Å². The predicted octanol–water partition coefficient (Wildman–Crippen LogP) is 2.95. The average molecular weight is 342 g/mol. The summed E-state index contributed by atoms with van der Waals surface area (Å²) in [5.41, 5.74) is 1.33. The zero-order chi connectivity index (χ0) is 17.4. The molecule has 0 heterocycles. The molecule has 0 aliphatic carbocycles. The molecule has 0 atom stereocenters. The fraction of sp³-hybridized carbons (Fsp3) is 0.263. The number of thioether (sulfide) groups is 1. The largest absolute Gasteiger partial charge is 0.351 e. The SMILES string of the molecule is CN(C)CCNC(=O)c1cccc(SCC(=O)c2ccccc2)c1. The van der Waals surface area contributed by atoms with Crippen molar-refractivity contribution in [2.75, 3.05) is 32.9 Å². The van der Waals surface area contributed by atoms with E-state index in [1.807, 2.05) is 67.5 Å². The summed E-state index contributed by atoms with van der Waals surface area (Å²) < 4.78 is 0. The van der Waals surface area contributed by atoms with E-state index in [0.29, 0.717) is 23.4 Å². The molecular formula is C19H22N2O2S. The third kappa shape index (κ3) is 5.83. The Labute approximate surface area is 147 Å². The van der Waals surface area contributed by atoms with Gasteiger partial charge in [-0.15, -0.1) is 11.8 Å². The second kappa shape index (κ2) is 9.25. The quantitative estimate of drug-likeness (QED) is 0.592. The van der Waals surface area contributed by atoms with E-state index >= 15 is 0 Å². The molecule has 1 N–H and O–H groups in total. The number of benzene rings is 2. The van der Waals surface area contributed by atoms with Gasteiger partial charge in [-0.25, -0.2) is 0 Å². The summed E-state index contributed by atoms with van der Waals surface area (Å²) in [5, 5.41) is 2.89. The minimum absolute atomic E-state index is 0.0847. The molecule has 0 bridgehead atoms. The molecule has 0 saturated carbocycles. The van der Waals surface area contributed by atoms with Crippen molar-refractivity contribution < 1.29 is 9.59 Å². The van der Waals surface area contributed by atoms with Crippen LogP contribution in [-0.4, -0.2) is 49.5 Å². The highest BCUT2D eigenvalue weighted by molar-refractivity contribution is 8.00. The minimum Gasteiger partial charge on any atom is -0.351 e. The lowest BCUT2D eigenvalue weighted by Crippen LogP contribution is -2.31. The Kier molecular flexibility index (Phi) is 7.03. The Morgan fingerprint density at radius 2 is 1.71 bits per heavy atom. The number of likely N-dealkylation sites (N-methyl/N-ethyl adjacent to an activating group) is 1. The normalized spacial score (nSPS) is 10.6. The molecule has 0 aromatic heterocycles. The maximum atomic E-state index is 12.1. The fourth-order valence-corrected chi connectivity index (χ4v) is 2.93. The Balaban J connectivity index is 1.90. The Morgan fingerprint density at radius 1 is 1.00 bits per heavy atom. The third-order valence-electron chi connectivity index (χ3n) is 3.41. The van der Waals surface area contributed by atoms with Crippen molar-refractivity contribution in [1.29, 1.82) is 0 Å². The summed E-state index contributed by atoms with van der Waals surface area (Å²) in [7, 11) is 3.93. The number of amides is 1. The van der Waals surface area contributed by atoms with Gasteiger partial charge in [-0.1, -0.05) is 36.4 Å². The van der Waals surface area contributed by atoms with Gasteiger partial charge in [0.1, 0.15) is 0 Å². The highest BCUT2D eigenvalue weighted by atomic mass is 32.2. The molecule has 2 aromatic rings. The number of hydrogen-bond donors (Lipinski definition) is 1. The second-order valence-corrected chi connectivity index (χ2v) is 6.71. The summed E-state index contributed by atoms with van der Waals surface area (Å²) >= 11 is 1.45. The number of nitrogens with zero attached hydrogens (tertiary/aromatic N) is 1. The summed E-state index contributed by atoms with van der Waals surface area (Å²) in [4.78, 5) is 27.2.